The minimum atomic E-state index is -1.50. The molecule has 2 saturated heterocycles. The van der Waals surface area contributed by atoms with Crippen LogP contribution in [0.3, 0.4) is 0 Å². The fraction of sp³-hybridized carbons (Fsp3) is 0.750. The van der Waals surface area contributed by atoms with Crippen molar-refractivity contribution < 1.29 is 24.2 Å². The van der Waals surface area contributed by atoms with Crippen molar-refractivity contribution in [2.45, 2.75) is 44.9 Å². The van der Waals surface area contributed by atoms with Crippen LogP contribution in [0.4, 0.5) is 0 Å². The number of esters is 2. The van der Waals surface area contributed by atoms with Crippen LogP contribution >= 0.6 is 0 Å². The minimum absolute atomic E-state index is 0.00213. The summed E-state index contributed by atoms with van der Waals surface area (Å²) in [6.07, 6.45) is 2.58. The van der Waals surface area contributed by atoms with Gasteiger partial charge in [0.2, 0.25) is 0 Å². The van der Waals surface area contributed by atoms with E-state index < -0.39 is 29.4 Å². The summed E-state index contributed by atoms with van der Waals surface area (Å²) >= 11 is 0. The zero-order valence-electron chi connectivity index (χ0n) is 13.2. The molecule has 3 heterocycles. The van der Waals surface area contributed by atoms with Gasteiger partial charge in [-0.1, -0.05) is 6.08 Å². The monoisotopic (exact) mass is 309 g/mol. The molecule has 1 N–H and O–H groups in total. The zero-order valence-corrected chi connectivity index (χ0v) is 13.2. The molecule has 0 bridgehead atoms. The number of ether oxygens (including phenoxy) is 2. The van der Waals surface area contributed by atoms with Crippen molar-refractivity contribution in [3.63, 3.8) is 0 Å². The van der Waals surface area contributed by atoms with Crippen LogP contribution in [0.25, 0.3) is 0 Å². The molecule has 3 aliphatic heterocycles. The number of aliphatic hydroxyl groups is 1. The van der Waals surface area contributed by atoms with E-state index in [2.05, 4.69) is 4.90 Å². The lowest BCUT2D eigenvalue weighted by atomic mass is 9.80. The normalized spacial score (nSPS) is 43.0. The summed E-state index contributed by atoms with van der Waals surface area (Å²) in [5, 5.41) is 10.6. The fourth-order valence-corrected chi connectivity index (χ4v) is 3.51. The van der Waals surface area contributed by atoms with E-state index in [0.717, 1.165) is 25.1 Å². The molecular weight excluding hydrogens is 286 g/mol. The molecule has 0 saturated carbocycles. The Morgan fingerprint density at radius 2 is 1.95 bits per heavy atom. The van der Waals surface area contributed by atoms with Crippen LogP contribution < -0.4 is 0 Å². The van der Waals surface area contributed by atoms with Crippen molar-refractivity contribution in [3.05, 3.63) is 11.6 Å². The SMILES string of the molecule is CC1C(=O)OCC2=CCN3CC[C@@H](OC(=O)C(C)C1(C)O)[C@@H]23. The Morgan fingerprint density at radius 1 is 1.27 bits per heavy atom. The van der Waals surface area contributed by atoms with E-state index in [9.17, 15) is 14.7 Å². The number of carbonyl (C=O) groups excluding carboxylic acids is 2. The molecule has 2 fully saturated rings. The van der Waals surface area contributed by atoms with Gasteiger partial charge in [-0.15, -0.1) is 0 Å². The van der Waals surface area contributed by atoms with Gasteiger partial charge >= 0.3 is 11.9 Å². The van der Waals surface area contributed by atoms with Gasteiger partial charge in [-0.2, -0.15) is 0 Å². The molecule has 0 aromatic heterocycles. The first kappa shape index (κ1) is 15.5. The molecule has 0 aromatic carbocycles. The van der Waals surface area contributed by atoms with Gasteiger partial charge in [0.05, 0.1) is 23.5 Å². The van der Waals surface area contributed by atoms with Crippen molar-refractivity contribution >= 4 is 11.9 Å². The van der Waals surface area contributed by atoms with Gasteiger partial charge in [0.25, 0.3) is 0 Å². The highest BCUT2D eigenvalue weighted by molar-refractivity contribution is 5.78. The fourth-order valence-electron chi connectivity index (χ4n) is 3.51. The molecule has 0 aromatic rings. The molecule has 6 heteroatoms. The molecule has 0 spiro atoms. The van der Waals surface area contributed by atoms with Gasteiger partial charge in [0, 0.05) is 13.1 Å². The summed E-state index contributed by atoms with van der Waals surface area (Å²) < 4.78 is 11.1. The third-order valence-electron chi connectivity index (χ3n) is 5.52. The molecular formula is C16H23NO5. The third-order valence-corrected chi connectivity index (χ3v) is 5.52. The molecule has 22 heavy (non-hydrogen) atoms. The van der Waals surface area contributed by atoms with Crippen molar-refractivity contribution in [1.29, 1.82) is 0 Å². The Bertz CT molecular complexity index is 527. The number of hydrogen-bond acceptors (Lipinski definition) is 6. The van der Waals surface area contributed by atoms with E-state index in [-0.39, 0.29) is 18.8 Å². The first-order valence-corrected chi connectivity index (χ1v) is 7.85. The number of nitrogens with zero attached hydrogens (tertiary/aromatic N) is 1. The summed E-state index contributed by atoms with van der Waals surface area (Å²) in [6, 6.07) is 0.00213. The Balaban J connectivity index is 1.92. The Labute approximate surface area is 130 Å². The second kappa shape index (κ2) is 5.35. The van der Waals surface area contributed by atoms with Crippen LogP contribution in [0.15, 0.2) is 11.6 Å². The van der Waals surface area contributed by atoms with Crippen molar-refractivity contribution in [2.24, 2.45) is 11.8 Å². The van der Waals surface area contributed by atoms with Crippen molar-refractivity contribution in [3.8, 4) is 0 Å². The average molecular weight is 309 g/mol. The number of hydrogen-bond donors (Lipinski definition) is 1. The van der Waals surface area contributed by atoms with Crippen LogP contribution in [-0.2, 0) is 19.1 Å². The molecule has 122 valence electrons. The molecule has 0 aliphatic carbocycles. The smallest absolute Gasteiger partial charge is 0.311 e. The maximum atomic E-state index is 12.4. The van der Waals surface area contributed by atoms with Gasteiger partial charge in [0.1, 0.15) is 12.7 Å². The first-order valence-electron chi connectivity index (χ1n) is 7.85. The topological polar surface area (TPSA) is 76.1 Å². The van der Waals surface area contributed by atoms with Gasteiger partial charge < -0.3 is 14.6 Å². The van der Waals surface area contributed by atoms with Crippen molar-refractivity contribution in [2.75, 3.05) is 19.7 Å². The van der Waals surface area contributed by atoms with E-state index in [1.165, 1.54) is 6.92 Å². The van der Waals surface area contributed by atoms with Crippen LogP contribution in [0.5, 0.6) is 0 Å². The number of carbonyl (C=O) groups is 2. The number of rotatable bonds is 0. The predicted octanol–water partition coefficient (Wildman–Crippen LogP) is 0.492. The lowest BCUT2D eigenvalue weighted by Gasteiger charge is -2.33. The quantitative estimate of drug-likeness (QED) is 0.518. The van der Waals surface area contributed by atoms with E-state index in [1.807, 2.05) is 6.08 Å². The molecule has 6 nitrogen and oxygen atoms in total. The summed E-state index contributed by atoms with van der Waals surface area (Å²) in [5.74, 6) is -2.53. The van der Waals surface area contributed by atoms with Crippen molar-refractivity contribution in [1.82, 2.24) is 4.90 Å². The summed E-state index contributed by atoms with van der Waals surface area (Å²) in [4.78, 5) is 26.8. The van der Waals surface area contributed by atoms with E-state index >= 15 is 0 Å². The summed E-state index contributed by atoms with van der Waals surface area (Å²) in [5.41, 5.74) is -0.509. The summed E-state index contributed by atoms with van der Waals surface area (Å²) in [7, 11) is 0. The van der Waals surface area contributed by atoms with Gasteiger partial charge in [-0.25, -0.2) is 0 Å². The standard InChI is InChI=1S/C16H23NO5/c1-9-14(18)21-8-11-4-6-17-7-5-12(13(11)17)22-15(19)10(2)16(9,3)20/h4,9-10,12-13,20H,5-8H2,1-3H3/t9?,10?,12-,13-,16?/m1/s1. The molecule has 0 radical (unpaired) electrons. The van der Waals surface area contributed by atoms with Gasteiger partial charge in [-0.05, 0) is 32.8 Å². The Morgan fingerprint density at radius 3 is 2.68 bits per heavy atom. The Kier molecular flexibility index (Phi) is 3.77. The third kappa shape index (κ3) is 2.34. The lowest BCUT2D eigenvalue weighted by molar-refractivity contribution is -0.171. The van der Waals surface area contributed by atoms with Crippen LogP contribution in [-0.4, -0.2) is 59.4 Å². The molecule has 3 aliphatic rings. The molecule has 3 rings (SSSR count). The largest absolute Gasteiger partial charge is 0.461 e. The first-order chi connectivity index (χ1) is 10.3. The Hall–Kier alpha value is -1.40. The maximum Gasteiger partial charge on any atom is 0.311 e. The second-order valence-corrected chi connectivity index (χ2v) is 6.76. The van der Waals surface area contributed by atoms with Gasteiger partial charge in [-0.3, -0.25) is 14.5 Å². The second-order valence-electron chi connectivity index (χ2n) is 6.76. The van der Waals surface area contributed by atoms with E-state index in [0.29, 0.717) is 0 Å². The number of cyclic esters (lactones) is 1. The highest BCUT2D eigenvalue weighted by atomic mass is 16.6. The van der Waals surface area contributed by atoms with Crippen LogP contribution in [0.2, 0.25) is 0 Å². The molecule has 3 unspecified atom stereocenters. The summed E-state index contributed by atoms with van der Waals surface area (Å²) in [6.45, 7) is 6.53. The average Bonchev–Trinajstić information content (AvgIpc) is 3.05. The van der Waals surface area contributed by atoms with E-state index in [1.54, 1.807) is 13.8 Å². The highest BCUT2D eigenvalue weighted by Gasteiger charge is 2.48. The molecule has 5 atom stereocenters. The van der Waals surface area contributed by atoms with Crippen LogP contribution in [0.1, 0.15) is 27.2 Å². The zero-order chi connectivity index (χ0) is 16.1. The maximum absolute atomic E-state index is 12.4. The lowest BCUT2D eigenvalue weighted by Crippen LogP contribution is -2.48. The van der Waals surface area contributed by atoms with Gasteiger partial charge in [0.15, 0.2) is 0 Å². The van der Waals surface area contributed by atoms with Crippen LogP contribution in [0, 0.1) is 11.8 Å². The minimum Gasteiger partial charge on any atom is -0.461 e. The predicted molar refractivity (Wildman–Crippen MR) is 77.9 cm³/mol. The molecule has 0 amide bonds. The highest BCUT2D eigenvalue weighted by Crippen LogP contribution is 2.35. The van der Waals surface area contributed by atoms with E-state index in [4.69, 9.17) is 9.47 Å².